The molecular formula is C13H19N3O3. The van der Waals surface area contributed by atoms with Gasteiger partial charge in [0.15, 0.2) is 0 Å². The fourth-order valence-corrected chi connectivity index (χ4v) is 1.93. The summed E-state index contributed by atoms with van der Waals surface area (Å²) < 4.78 is 5.47. The molecule has 1 heterocycles. The van der Waals surface area contributed by atoms with Crippen LogP contribution in [0.2, 0.25) is 0 Å². The molecule has 104 valence electrons. The fourth-order valence-electron chi connectivity index (χ4n) is 1.93. The summed E-state index contributed by atoms with van der Waals surface area (Å²) >= 11 is 0. The van der Waals surface area contributed by atoms with E-state index in [4.69, 9.17) is 4.74 Å². The molecule has 1 aliphatic rings. The summed E-state index contributed by atoms with van der Waals surface area (Å²) in [6, 6.07) is 1.65. The van der Waals surface area contributed by atoms with Crippen LogP contribution in [0, 0.1) is 5.92 Å². The molecule has 0 bridgehead atoms. The Labute approximate surface area is 112 Å². The first-order chi connectivity index (χ1) is 8.91. The molecule has 19 heavy (non-hydrogen) atoms. The van der Waals surface area contributed by atoms with Crippen molar-refractivity contribution in [2.75, 3.05) is 5.32 Å². The lowest BCUT2D eigenvalue weighted by Gasteiger charge is -2.26. The molecule has 1 atom stereocenters. The molecule has 1 aromatic heterocycles. The normalized spacial score (nSPS) is 17.9. The first-order valence-corrected chi connectivity index (χ1v) is 6.43. The summed E-state index contributed by atoms with van der Waals surface area (Å²) in [4.78, 5) is 19.7. The number of carbonyl (C=O) groups is 1. The molecule has 0 spiro atoms. The van der Waals surface area contributed by atoms with Crippen molar-refractivity contribution in [1.82, 2.24) is 9.97 Å². The van der Waals surface area contributed by atoms with Crippen LogP contribution in [0.15, 0.2) is 12.3 Å². The second-order valence-corrected chi connectivity index (χ2v) is 5.29. The molecule has 0 radical (unpaired) electrons. The van der Waals surface area contributed by atoms with Crippen LogP contribution in [0.1, 0.15) is 33.6 Å². The molecule has 2 rings (SSSR count). The van der Waals surface area contributed by atoms with Gasteiger partial charge in [-0.15, -0.1) is 0 Å². The lowest BCUT2D eigenvalue weighted by atomic mass is 9.96. The molecule has 0 amide bonds. The molecule has 1 aromatic rings. The Balaban J connectivity index is 2.15. The van der Waals surface area contributed by atoms with Gasteiger partial charge in [0.05, 0.1) is 6.10 Å². The monoisotopic (exact) mass is 265 g/mol. The lowest BCUT2D eigenvalue weighted by Crippen LogP contribution is -2.46. The predicted molar refractivity (Wildman–Crippen MR) is 70.2 cm³/mol. The number of carboxylic acids is 1. The standard InChI is InChI=1S/C13H19N3O3/c1-8(2)19-10-6-7-14-12(15-10)16-13(3,11(17)18)9-4-5-9/h6-9H,4-5H2,1-3H3,(H,17,18)(H,14,15,16). The van der Waals surface area contributed by atoms with Crippen molar-refractivity contribution in [1.29, 1.82) is 0 Å². The van der Waals surface area contributed by atoms with Crippen molar-refractivity contribution < 1.29 is 14.6 Å². The Bertz CT molecular complexity index is 474. The van der Waals surface area contributed by atoms with Crippen LogP contribution >= 0.6 is 0 Å². The molecular weight excluding hydrogens is 246 g/mol. The molecule has 2 N–H and O–H groups in total. The summed E-state index contributed by atoms with van der Waals surface area (Å²) in [6.07, 6.45) is 3.40. The van der Waals surface area contributed by atoms with Crippen molar-refractivity contribution >= 4 is 11.9 Å². The van der Waals surface area contributed by atoms with E-state index in [1.165, 1.54) is 0 Å². The van der Waals surface area contributed by atoms with Crippen molar-refractivity contribution in [3.05, 3.63) is 12.3 Å². The SMILES string of the molecule is CC(C)Oc1ccnc(NC(C)(C(=O)O)C2CC2)n1. The highest BCUT2D eigenvalue weighted by atomic mass is 16.5. The zero-order chi connectivity index (χ0) is 14.0. The Hall–Kier alpha value is -1.85. The minimum atomic E-state index is -1.02. The molecule has 6 heteroatoms. The minimum Gasteiger partial charge on any atom is -0.480 e. The van der Waals surface area contributed by atoms with Gasteiger partial charge in [0.1, 0.15) is 5.54 Å². The predicted octanol–water partition coefficient (Wildman–Crippen LogP) is 1.93. The molecule has 1 fully saturated rings. The third-order valence-corrected chi connectivity index (χ3v) is 3.20. The zero-order valence-electron chi connectivity index (χ0n) is 11.4. The second-order valence-electron chi connectivity index (χ2n) is 5.29. The van der Waals surface area contributed by atoms with Crippen LogP contribution in [-0.2, 0) is 4.79 Å². The van der Waals surface area contributed by atoms with Gasteiger partial charge < -0.3 is 15.2 Å². The quantitative estimate of drug-likeness (QED) is 0.817. The van der Waals surface area contributed by atoms with Gasteiger partial charge in [0.2, 0.25) is 11.8 Å². The van der Waals surface area contributed by atoms with Gasteiger partial charge in [-0.3, -0.25) is 0 Å². The van der Waals surface area contributed by atoms with Crippen LogP contribution in [0.25, 0.3) is 0 Å². The number of anilines is 1. The number of nitrogens with one attached hydrogen (secondary N) is 1. The van der Waals surface area contributed by atoms with Crippen LogP contribution in [0.4, 0.5) is 5.95 Å². The number of aliphatic carboxylic acids is 1. The van der Waals surface area contributed by atoms with E-state index in [1.807, 2.05) is 13.8 Å². The number of hydrogen-bond donors (Lipinski definition) is 2. The summed E-state index contributed by atoms with van der Waals surface area (Å²) in [5.74, 6) is -0.0250. The average molecular weight is 265 g/mol. The molecule has 1 saturated carbocycles. The van der Waals surface area contributed by atoms with Gasteiger partial charge in [-0.05, 0) is 39.5 Å². The molecule has 6 nitrogen and oxygen atoms in total. The highest BCUT2D eigenvalue weighted by molar-refractivity contribution is 5.82. The Morgan fingerprint density at radius 2 is 2.26 bits per heavy atom. The first-order valence-electron chi connectivity index (χ1n) is 6.43. The van der Waals surface area contributed by atoms with E-state index >= 15 is 0 Å². The van der Waals surface area contributed by atoms with Crippen LogP contribution in [0.3, 0.4) is 0 Å². The van der Waals surface area contributed by atoms with E-state index in [0.29, 0.717) is 5.88 Å². The molecule has 1 unspecified atom stereocenters. The summed E-state index contributed by atoms with van der Waals surface area (Å²) in [5.41, 5.74) is -1.02. The van der Waals surface area contributed by atoms with Crippen molar-refractivity contribution in [2.24, 2.45) is 5.92 Å². The number of nitrogens with zero attached hydrogens (tertiary/aromatic N) is 2. The highest BCUT2D eigenvalue weighted by Gasteiger charge is 2.48. The third kappa shape index (κ3) is 3.13. The molecule has 0 saturated heterocycles. The van der Waals surface area contributed by atoms with E-state index in [1.54, 1.807) is 19.2 Å². The number of carboxylic acid groups (broad SMARTS) is 1. The summed E-state index contributed by atoms with van der Waals surface area (Å²) in [7, 11) is 0. The van der Waals surface area contributed by atoms with E-state index in [0.717, 1.165) is 12.8 Å². The van der Waals surface area contributed by atoms with Crippen molar-refractivity contribution in [3.63, 3.8) is 0 Å². The van der Waals surface area contributed by atoms with Gasteiger partial charge in [-0.1, -0.05) is 0 Å². The van der Waals surface area contributed by atoms with E-state index in [9.17, 15) is 9.90 Å². The van der Waals surface area contributed by atoms with Crippen LogP contribution in [0.5, 0.6) is 5.88 Å². The van der Waals surface area contributed by atoms with Crippen molar-refractivity contribution in [3.8, 4) is 5.88 Å². The minimum absolute atomic E-state index is 0.0111. The van der Waals surface area contributed by atoms with Crippen LogP contribution in [-0.4, -0.2) is 32.7 Å². The molecule has 0 aromatic carbocycles. The number of aromatic nitrogens is 2. The summed E-state index contributed by atoms with van der Waals surface area (Å²) in [5, 5.41) is 12.3. The van der Waals surface area contributed by atoms with Gasteiger partial charge in [-0.25, -0.2) is 9.78 Å². The van der Waals surface area contributed by atoms with Crippen molar-refractivity contribution in [2.45, 2.75) is 45.3 Å². The molecule has 0 aliphatic heterocycles. The number of rotatable bonds is 6. The van der Waals surface area contributed by atoms with E-state index < -0.39 is 11.5 Å². The van der Waals surface area contributed by atoms with E-state index in [2.05, 4.69) is 15.3 Å². The fraction of sp³-hybridized carbons (Fsp3) is 0.615. The van der Waals surface area contributed by atoms with Gasteiger partial charge in [0.25, 0.3) is 0 Å². The largest absolute Gasteiger partial charge is 0.480 e. The van der Waals surface area contributed by atoms with E-state index in [-0.39, 0.29) is 18.0 Å². The maximum atomic E-state index is 11.4. The van der Waals surface area contributed by atoms with Gasteiger partial charge in [0, 0.05) is 12.3 Å². The lowest BCUT2D eigenvalue weighted by molar-refractivity contribution is -0.142. The van der Waals surface area contributed by atoms with Gasteiger partial charge in [-0.2, -0.15) is 4.98 Å². The Morgan fingerprint density at radius 3 is 2.79 bits per heavy atom. The zero-order valence-corrected chi connectivity index (χ0v) is 11.4. The first kappa shape index (κ1) is 13.6. The van der Waals surface area contributed by atoms with Gasteiger partial charge >= 0.3 is 5.97 Å². The summed E-state index contributed by atoms with van der Waals surface area (Å²) in [6.45, 7) is 5.48. The second kappa shape index (κ2) is 5.03. The maximum Gasteiger partial charge on any atom is 0.329 e. The topological polar surface area (TPSA) is 84.3 Å². The smallest absolute Gasteiger partial charge is 0.329 e. The third-order valence-electron chi connectivity index (χ3n) is 3.20. The Kier molecular flexibility index (Phi) is 3.59. The molecule has 1 aliphatic carbocycles. The maximum absolute atomic E-state index is 11.4. The highest BCUT2D eigenvalue weighted by Crippen LogP contribution is 2.41. The number of ether oxygens (including phenoxy) is 1. The average Bonchev–Trinajstić information content (AvgIpc) is 3.11. The number of hydrogen-bond acceptors (Lipinski definition) is 5. The van der Waals surface area contributed by atoms with Crippen LogP contribution < -0.4 is 10.1 Å². The Morgan fingerprint density at radius 1 is 1.58 bits per heavy atom.